The molecular weight excluding hydrogens is 415 g/mol. The number of hydrogen-bond donors (Lipinski definition) is 1. The number of carbonyl (C=O) groups is 2. The number of benzene rings is 2. The minimum Gasteiger partial charge on any atom is -0.319 e. The normalized spacial score (nSPS) is 20.4. The van der Waals surface area contributed by atoms with Crippen LogP contribution in [0, 0.1) is 0 Å². The van der Waals surface area contributed by atoms with Crippen LogP contribution in [0.2, 0.25) is 10.0 Å². The van der Waals surface area contributed by atoms with Gasteiger partial charge in [-0.05, 0) is 42.3 Å². The zero-order chi connectivity index (χ0) is 17.5. The van der Waals surface area contributed by atoms with Gasteiger partial charge in [-0.15, -0.1) is 0 Å². The first kappa shape index (κ1) is 17.3. The van der Waals surface area contributed by atoms with Gasteiger partial charge in [-0.3, -0.25) is 9.69 Å². The summed E-state index contributed by atoms with van der Waals surface area (Å²) in [6.07, 6.45) is 0. The van der Waals surface area contributed by atoms with Gasteiger partial charge in [0, 0.05) is 14.5 Å². The number of nitrogens with one attached hydrogen (secondary N) is 1. The fourth-order valence-electron chi connectivity index (χ4n) is 2.66. The average molecular weight is 428 g/mol. The summed E-state index contributed by atoms with van der Waals surface area (Å²) in [5, 5.41) is 3.69. The molecule has 1 heterocycles. The highest BCUT2D eigenvalue weighted by Crippen LogP contribution is 2.32. The topological polar surface area (TPSA) is 49.4 Å². The zero-order valence-corrected chi connectivity index (χ0v) is 15.7. The number of rotatable bonds is 3. The standard InChI is InChI=1S/C17H13BrCl2N2O2/c1-17(11-3-2-4-12(18)7-11)15(23)22(16(24)21-17)9-10-5-6-13(19)8-14(10)20/h2-8H,9H2,1H3,(H,21,24). The Labute approximate surface area is 157 Å². The Balaban J connectivity index is 1.91. The van der Waals surface area contributed by atoms with Gasteiger partial charge in [-0.2, -0.15) is 0 Å². The van der Waals surface area contributed by atoms with Crippen molar-refractivity contribution in [2.45, 2.75) is 19.0 Å². The molecule has 0 spiro atoms. The first-order chi connectivity index (χ1) is 11.3. The fraction of sp³-hybridized carbons (Fsp3) is 0.176. The van der Waals surface area contributed by atoms with Crippen LogP contribution in [0.1, 0.15) is 18.1 Å². The summed E-state index contributed by atoms with van der Waals surface area (Å²) < 4.78 is 0.836. The van der Waals surface area contributed by atoms with Gasteiger partial charge < -0.3 is 5.32 Å². The maximum atomic E-state index is 12.9. The minimum absolute atomic E-state index is 0.0876. The predicted molar refractivity (Wildman–Crippen MR) is 97.0 cm³/mol. The van der Waals surface area contributed by atoms with Crippen molar-refractivity contribution >= 4 is 51.1 Å². The van der Waals surface area contributed by atoms with Crippen LogP contribution in [0.5, 0.6) is 0 Å². The summed E-state index contributed by atoms with van der Waals surface area (Å²) in [5.41, 5.74) is 0.253. The lowest BCUT2D eigenvalue weighted by molar-refractivity contribution is -0.131. The molecule has 1 unspecified atom stereocenters. The van der Waals surface area contributed by atoms with Gasteiger partial charge in [0.1, 0.15) is 5.54 Å². The number of imide groups is 1. The lowest BCUT2D eigenvalue weighted by Crippen LogP contribution is -2.40. The van der Waals surface area contributed by atoms with Gasteiger partial charge in [0.15, 0.2) is 0 Å². The van der Waals surface area contributed by atoms with Gasteiger partial charge in [-0.1, -0.05) is 57.3 Å². The molecule has 2 aromatic rings. The van der Waals surface area contributed by atoms with Crippen molar-refractivity contribution in [3.63, 3.8) is 0 Å². The molecule has 0 aliphatic carbocycles. The second kappa shape index (κ2) is 6.39. The lowest BCUT2D eigenvalue weighted by Gasteiger charge is -2.22. The molecule has 2 aromatic carbocycles. The van der Waals surface area contributed by atoms with Crippen LogP contribution in [0.25, 0.3) is 0 Å². The van der Waals surface area contributed by atoms with Crippen LogP contribution in [0.3, 0.4) is 0 Å². The molecule has 1 saturated heterocycles. The molecule has 1 aliphatic heterocycles. The van der Waals surface area contributed by atoms with Crippen LogP contribution in [0.4, 0.5) is 4.79 Å². The number of halogens is 3. The third-order valence-electron chi connectivity index (χ3n) is 4.02. The maximum Gasteiger partial charge on any atom is 0.325 e. The maximum absolute atomic E-state index is 12.9. The monoisotopic (exact) mass is 426 g/mol. The number of hydrogen-bond acceptors (Lipinski definition) is 2. The molecule has 0 saturated carbocycles. The van der Waals surface area contributed by atoms with Crippen molar-refractivity contribution in [1.29, 1.82) is 0 Å². The molecule has 1 N–H and O–H groups in total. The molecule has 3 rings (SSSR count). The van der Waals surface area contributed by atoms with Crippen molar-refractivity contribution in [1.82, 2.24) is 10.2 Å². The van der Waals surface area contributed by atoms with E-state index in [4.69, 9.17) is 23.2 Å². The second-order valence-electron chi connectivity index (χ2n) is 5.69. The van der Waals surface area contributed by atoms with Gasteiger partial charge in [0.05, 0.1) is 6.54 Å². The number of nitrogens with zero attached hydrogens (tertiary/aromatic N) is 1. The van der Waals surface area contributed by atoms with Crippen molar-refractivity contribution in [3.05, 3.63) is 68.1 Å². The van der Waals surface area contributed by atoms with Gasteiger partial charge in [0.2, 0.25) is 0 Å². The third kappa shape index (κ3) is 3.04. The largest absolute Gasteiger partial charge is 0.325 e. The summed E-state index contributed by atoms with van der Waals surface area (Å²) in [6.45, 7) is 1.78. The van der Waals surface area contributed by atoms with E-state index in [-0.39, 0.29) is 12.5 Å². The van der Waals surface area contributed by atoms with Crippen LogP contribution in [-0.2, 0) is 16.9 Å². The highest BCUT2D eigenvalue weighted by Gasteiger charge is 2.49. The van der Waals surface area contributed by atoms with E-state index in [0.29, 0.717) is 21.2 Å². The molecule has 1 fully saturated rings. The third-order valence-corrected chi connectivity index (χ3v) is 5.10. The summed E-state index contributed by atoms with van der Waals surface area (Å²) in [6, 6.07) is 11.8. The smallest absolute Gasteiger partial charge is 0.319 e. The summed E-state index contributed by atoms with van der Waals surface area (Å²) in [7, 11) is 0. The Morgan fingerprint density at radius 2 is 1.92 bits per heavy atom. The quantitative estimate of drug-likeness (QED) is 0.720. The van der Waals surface area contributed by atoms with E-state index in [2.05, 4.69) is 21.2 Å². The van der Waals surface area contributed by atoms with E-state index in [0.717, 1.165) is 9.37 Å². The van der Waals surface area contributed by atoms with Crippen LogP contribution in [-0.4, -0.2) is 16.8 Å². The Hall–Kier alpha value is -1.56. The number of carbonyl (C=O) groups excluding carboxylic acids is 2. The summed E-state index contributed by atoms with van der Waals surface area (Å²) in [5.74, 6) is -0.323. The van der Waals surface area contributed by atoms with Crippen LogP contribution in [0.15, 0.2) is 46.9 Å². The highest BCUT2D eigenvalue weighted by molar-refractivity contribution is 9.10. The Bertz CT molecular complexity index is 843. The van der Waals surface area contributed by atoms with Crippen LogP contribution < -0.4 is 5.32 Å². The molecule has 3 amide bonds. The zero-order valence-electron chi connectivity index (χ0n) is 12.6. The molecule has 0 aromatic heterocycles. The summed E-state index contributed by atoms with van der Waals surface area (Å²) >= 11 is 15.4. The summed E-state index contributed by atoms with van der Waals surface area (Å²) in [4.78, 5) is 26.4. The lowest BCUT2D eigenvalue weighted by atomic mass is 9.92. The Kier molecular flexibility index (Phi) is 4.60. The Morgan fingerprint density at radius 3 is 2.58 bits per heavy atom. The molecule has 0 bridgehead atoms. The SMILES string of the molecule is CC1(c2cccc(Br)c2)NC(=O)N(Cc2ccc(Cl)cc2Cl)C1=O. The van der Waals surface area contributed by atoms with Crippen molar-refractivity contribution in [2.24, 2.45) is 0 Å². The Morgan fingerprint density at radius 1 is 1.17 bits per heavy atom. The number of urea groups is 1. The fourth-order valence-corrected chi connectivity index (χ4v) is 3.52. The molecule has 4 nitrogen and oxygen atoms in total. The van der Waals surface area contributed by atoms with E-state index in [1.165, 1.54) is 0 Å². The van der Waals surface area contributed by atoms with Crippen molar-refractivity contribution in [2.75, 3.05) is 0 Å². The van der Waals surface area contributed by atoms with Crippen molar-refractivity contribution in [3.8, 4) is 0 Å². The first-order valence-corrected chi connectivity index (χ1v) is 8.70. The second-order valence-corrected chi connectivity index (χ2v) is 7.45. The molecule has 124 valence electrons. The van der Waals surface area contributed by atoms with E-state index in [1.54, 1.807) is 25.1 Å². The first-order valence-electron chi connectivity index (χ1n) is 7.15. The van der Waals surface area contributed by atoms with E-state index in [1.807, 2.05) is 24.3 Å². The van der Waals surface area contributed by atoms with Gasteiger partial charge in [0.25, 0.3) is 5.91 Å². The predicted octanol–water partition coefficient (Wildman–Crippen LogP) is 4.72. The molecule has 24 heavy (non-hydrogen) atoms. The molecule has 7 heteroatoms. The molecule has 1 atom stereocenters. The number of amides is 3. The average Bonchev–Trinajstić information content (AvgIpc) is 2.74. The van der Waals surface area contributed by atoms with Crippen LogP contribution >= 0.6 is 39.1 Å². The molecule has 1 aliphatic rings. The van der Waals surface area contributed by atoms with E-state index in [9.17, 15) is 9.59 Å². The van der Waals surface area contributed by atoms with Gasteiger partial charge >= 0.3 is 6.03 Å². The van der Waals surface area contributed by atoms with E-state index >= 15 is 0 Å². The molecule has 0 radical (unpaired) electrons. The van der Waals surface area contributed by atoms with E-state index < -0.39 is 11.6 Å². The van der Waals surface area contributed by atoms with Crippen molar-refractivity contribution < 1.29 is 9.59 Å². The highest BCUT2D eigenvalue weighted by atomic mass is 79.9. The minimum atomic E-state index is -1.11. The van der Waals surface area contributed by atoms with Gasteiger partial charge in [-0.25, -0.2) is 4.79 Å². The molecular formula is C17H13BrCl2N2O2.